The van der Waals surface area contributed by atoms with Gasteiger partial charge in [-0.3, -0.25) is 10.1 Å². The maximum atomic E-state index is 11.0. The largest absolute Gasteiger partial charge is 0.472 e. The Hall–Kier alpha value is -3.59. The number of hydrogen-bond donors (Lipinski definition) is 1. The number of rotatable bonds is 7. The van der Waals surface area contributed by atoms with Crippen molar-refractivity contribution < 1.29 is 14.4 Å². The van der Waals surface area contributed by atoms with Gasteiger partial charge in [-0.05, 0) is 18.6 Å². The average molecular weight is 407 g/mol. The summed E-state index contributed by atoms with van der Waals surface area (Å²) in [5.74, 6) is 1.63. The van der Waals surface area contributed by atoms with Crippen LogP contribution in [0.3, 0.4) is 0 Å². The number of pyridine rings is 1. The van der Waals surface area contributed by atoms with E-state index in [1.54, 1.807) is 18.3 Å². The van der Waals surface area contributed by atoms with Crippen LogP contribution in [0.2, 0.25) is 0 Å². The van der Waals surface area contributed by atoms with Crippen LogP contribution in [-0.4, -0.2) is 39.2 Å². The second kappa shape index (κ2) is 8.83. The van der Waals surface area contributed by atoms with E-state index < -0.39 is 4.92 Å². The van der Waals surface area contributed by atoms with Gasteiger partial charge < -0.3 is 14.8 Å². The quantitative estimate of drug-likeness (QED) is 0.467. The third-order valence-corrected chi connectivity index (χ3v) is 4.62. The van der Waals surface area contributed by atoms with Crippen LogP contribution in [0.5, 0.6) is 5.88 Å². The number of nitro benzene ring substituents is 1. The second-order valence-corrected chi connectivity index (χ2v) is 6.98. The summed E-state index contributed by atoms with van der Waals surface area (Å²) in [7, 11) is 0. The van der Waals surface area contributed by atoms with Crippen LogP contribution in [0.25, 0.3) is 11.4 Å². The summed E-state index contributed by atoms with van der Waals surface area (Å²) in [4.78, 5) is 23.8. The SMILES string of the molecule is Cc1cc(NCc2ccnc(OC3CCOC3)c2)nc(-c2cccc([N+](=O)[O-])c2)n1. The van der Waals surface area contributed by atoms with Gasteiger partial charge in [0.05, 0.1) is 18.1 Å². The minimum absolute atomic E-state index is 0.00379. The van der Waals surface area contributed by atoms with Crippen molar-refractivity contribution in [1.82, 2.24) is 15.0 Å². The van der Waals surface area contributed by atoms with Crippen LogP contribution >= 0.6 is 0 Å². The molecule has 9 nitrogen and oxygen atoms in total. The highest BCUT2D eigenvalue weighted by molar-refractivity contribution is 5.61. The van der Waals surface area contributed by atoms with E-state index in [-0.39, 0.29) is 11.8 Å². The zero-order chi connectivity index (χ0) is 20.9. The maximum Gasteiger partial charge on any atom is 0.270 e. The van der Waals surface area contributed by atoms with Crippen LogP contribution in [-0.2, 0) is 11.3 Å². The predicted octanol–water partition coefficient (Wildman–Crippen LogP) is 3.54. The van der Waals surface area contributed by atoms with Crippen LogP contribution in [0.4, 0.5) is 11.5 Å². The fourth-order valence-electron chi connectivity index (χ4n) is 3.14. The van der Waals surface area contributed by atoms with Gasteiger partial charge in [-0.2, -0.15) is 0 Å². The molecule has 3 heterocycles. The van der Waals surface area contributed by atoms with Crippen molar-refractivity contribution in [3.63, 3.8) is 0 Å². The van der Waals surface area contributed by atoms with E-state index in [2.05, 4.69) is 20.3 Å². The van der Waals surface area contributed by atoms with E-state index in [4.69, 9.17) is 9.47 Å². The smallest absolute Gasteiger partial charge is 0.270 e. The molecule has 0 aliphatic carbocycles. The Morgan fingerprint density at radius 1 is 1.27 bits per heavy atom. The number of non-ortho nitro benzene ring substituents is 1. The molecule has 0 amide bonds. The number of nitrogens with zero attached hydrogens (tertiary/aromatic N) is 4. The Kier molecular flexibility index (Phi) is 5.80. The highest BCUT2D eigenvalue weighted by atomic mass is 16.6. The number of aryl methyl sites for hydroxylation is 1. The molecule has 2 aromatic heterocycles. The lowest BCUT2D eigenvalue weighted by molar-refractivity contribution is -0.384. The molecule has 1 aromatic carbocycles. The summed E-state index contributed by atoms with van der Waals surface area (Å²) in [6.45, 7) is 3.68. The van der Waals surface area contributed by atoms with Crippen LogP contribution in [0.15, 0.2) is 48.7 Å². The molecule has 0 radical (unpaired) electrons. The predicted molar refractivity (Wildman–Crippen MR) is 110 cm³/mol. The van der Waals surface area contributed by atoms with Gasteiger partial charge in [0.2, 0.25) is 5.88 Å². The zero-order valence-corrected chi connectivity index (χ0v) is 16.4. The molecular formula is C21H21N5O4. The van der Waals surface area contributed by atoms with Gasteiger partial charge in [0.25, 0.3) is 5.69 Å². The average Bonchev–Trinajstić information content (AvgIpc) is 3.25. The number of anilines is 1. The van der Waals surface area contributed by atoms with Gasteiger partial charge in [0.1, 0.15) is 11.9 Å². The molecule has 1 saturated heterocycles. The summed E-state index contributed by atoms with van der Waals surface area (Å²) < 4.78 is 11.2. The third-order valence-electron chi connectivity index (χ3n) is 4.62. The lowest BCUT2D eigenvalue weighted by Gasteiger charge is -2.12. The molecule has 0 bridgehead atoms. The molecule has 1 aliphatic rings. The normalized spacial score (nSPS) is 15.7. The summed E-state index contributed by atoms with van der Waals surface area (Å²) in [5.41, 5.74) is 2.35. The monoisotopic (exact) mass is 407 g/mol. The molecule has 0 spiro atoms. The van der Waals surface area contributed by atoms with Gasteiger partial charge in [-0.1, -0.05) is 12.1 Å². The Balaban J connectivity index is 1.48. The van der Waals surface area contributed by atoms with Crippen molar-refractivity contribution in [3.8, 4) is 17.3 Å². The molecule has 9 heteroatoms. The molecule has 3 aromatic rings. The Bertz CT molecular complexity index is 1050. The highest BCUT2D eigenvalue weighted by Crippen LogP contribution is 2.23. The van der Waals surface area contributed by atoms with Crippen LogP contribution < -0.4 is 10.1 Å². The lowest BCUT2D eigenvalue weighted by atomic mass is 10.2. The van der Waals surface area contributed by atoms with Gasteiger partial charge in [-0.15, -0.1) is 0 Å². The maximum absolute atomic E-state index is 11.0. The zero-order valence-electron chi connectivity index (χ0n) is 16.4. The molecule has 1 N–H and O–H groups in total. The lowest BCUT2D eigenvalue weighted by Crippen LogP contribution is -2.16. The van der Waals surface area contributed by atoms with Gasteiger partial charge >= 0.3 is 0 Å². The number of aromatic nitrogens is 3. The van der Waals surface area contributed by atoms with Crippen LogP contribution in [0, 0.1) is 17.0 Å². The minimum atomic E-state index is -0.431. The van der Waals surface area contributed by atoms with Gasteiger partial charge in [0, 0.05) is 54.7 Å². The molecule has 1 aliphatic heterocycles. The fraction of sp³-hybridized carbons (Fsp3) is 0.286. The van der Waals surface area contributed by atoms with Gasteiger partial charge in [-0.25, -0.2) is 15.0 Å². The number of hydrogen-bond acceptors (Lipinski definition) is 8. The summed E-state index contributed by atoms with van der Waals surface area (Å²) in [5, 5.41) is 14.3. The first kappa shape index (κ1) is 19.7. The van der Waals surface area contributed by atoms with Gasteiger partial charge in [0.15, 0.2) is 5.82 Å². The molecule has 4 rings (SSSR count). The van der Waals surface area contributed by atoms with E-state index in [0.717, 1.165) is 17.7 Å². The number of nitrogens with one attached hydrogen (secondary N) is 1. The first-order valence-electron chi connectivity index (χ1n) is 9.60. The molecule has 1 unspecified atom stereocenters. The molecule has 1 fully saturated rings. The fourth-order valence-corrected chi connectivity index (χ4v) is 3.14. The van der Waals surface area contributed by atoms with E-state index in [0.29, 0.717) is 42.8 Å². The number of nitro groups is 1. The molecule has 1 atom stereocenters. The standard InChI is InChI=1S/C21H21N5O4/c1-14-9-19(25-21(24-14)16-3-2-4-17(11-16)26(27)28)23-12-15-5-7-22-20(10-15)30-18-6-8-29-13-18/h2-5,7,9-11,18H,6,8,12-13H2,1H3,(H,23,24,25). The Labute approximate surface area is 173 Å². The second-order valence-electron chi connectivity index (χ2n) is 6.98. The van der Waals surface area contributed by atoms with Crippen molar-refractivity contribution in [1.29, 1.82) is 0 Å². The molecule has 30 heavy (non-hydrogen) atoms. The first-order valence-corrected chi connectivity index (χ1v) is 9.60. The summed E-state index contributed by atoms with van der Waals surface area (Å²) >= 11 is 0. The number of benzene rings is 1. The first-order chi connectivity index (χ1) is 14.6. The number of ether oxygens (including phenoxy) is 2. The molecule has 154 valence electrons. The Morgan fingerprint density at radius 3 is 2.97 bits per heavy atom. The van der Waals surface area contributed by atoms with Crippen molar-refractivity contribution >= 4 is 11.5 Å². The van der Waals surface area contributed by atoms with E-state index in [1.165, 1.54) is 12.1 Å². The van der Waals surface area contributed by atoms with Crippen molar-refractivity contribution in [2.45, 2.75) is 26.0 Å². The van der Waals surface area contributed by atoms with E-state index >= 15 is 0 Å². The van der Waals surface area contributed by atoms with Crippen molar-refractivity contribution in [3.05, 3.63) is 70.0 Å². The Morgan fingerprint density at radius 2 is 2.17 bits per heavy atom. The van der Waals surface area contributed by atoms with Crippen molar-refractivity contribution in [2.24, 2.45) is 0 Å². The topological polar surface area (TPSA) is 112 Å². The van der Waals surface area contributed by atoms with Crippen LogP contribution in [0.1, 0.15) is 17.7 Å². The molecule has 0 saturated carbocycles. The summed E-state index contributed by atoms with van der Waals surface area (Å²) in [6.07, 6.45) is 2.62. The molecular weight excluding hydrogens is 386 g/mol. The third kappa shape index (κ3) is 4.87. The van der Waals surface area contributed by atoms with E-state index in [9.17, 15) is 10.1 Å². The van der Waals surface area contributed by atoms with E-state index in [1.807, 2.05) is 25.1 Å². The highest BCUT2D eigenvalue weighted by Gasteiger charge is 2.17. The summed E-state index contributed by atoms with van der Waals surface area (Å²) in [6, 6.07) is 11.9. The van der Waals surface area contributed by atoms with Crippen molar-refractivity contribution in [2.75, 3.05) is 18.5 Å². The minimum Gasteiger partial charge on any atom is -0.472 e.